The predicted molar refractivity (Wildman–Crippen MR) is 34.3 cm³/mol. The van der Waals surface area contributed by atoms with Crippen LogP contribution in [0.15, 0.2) is 0 Å². The smallest absolute Gasteiger partial charge is 0.417 e. The molecule has 0 aromatic carbocycles. The molecule has 0 amide bonds. The third-order valence-corrected chi connectivity index (χ3v) is 0.783. The zero-order chi connectivity index (χ0) is 7.11. The van der Waals surface area contributed by atoms with Gasteiger partial charge in [-0.25, -0.2) is 4.79 Å². The van der Waals surface area contributed by atoms with E-state index in [4.69, 9.17) is 0 Å². The maximum atomic E-state index is 9.52. The summed E-state index contributed by atoms with van der Waals surface area (Å²) in [5.41, 5.74) is 0. The van der Waals surface area contributed by atoms with E-state index >= 15 is 0 Å². The van der Waals surface area contributed by atoms with E-state index in [0.29, 0.717) is 6.61 Å². The van der Waals surface area contributed by atoms with Gasteiger partial charge in [-0.05, 0) is 13.8 Å². The van der Waals surface area contributed by atoms with Crippen LogP contribution in [0.3, 0.4) is 0 Å². The summed E-state index contributed by atoms with van der Waals surface area (Å²) >= 11 is 0. The van der Waals surface area contributed by atoms with Gasteiger partial charge in [0.2, 0.25) is 0 Å². The first-order chi connectivity index (χ1) is 4.31. The second-order valence-corrected chi connectivity index (χ2v) is 1.69. The second-order valence-electron chi connectivity index (χ2n) is 1.69. The fraction of sp³-hybridized carbons (Fsp3) is 0.571. The minimum absolute atomic E-state index is 0.122. The van der Waals surface area contributed by atoms with Crippen molar-refractivity contribution in [2.45, 2.75) is 13.8 Å². The highest BCUT2D eigenvalue weighted by Crippen LogP contribution is 1.90. The Bertz CT molecular complexity index is 130. The van der Waals surface area contributed by atoms with Crippen molar-refractivity contribution < 1.29 is 9.53 Å². The standard InChI is InChI=1S/C7H9O2/c1-3-4-7(2)5-9-6-8/h7H,5H2,1-2H3. The number of hydrogen-bond acceptors (Lipinski definition) is 2. The summed E-state index contributed by atoms with van der Waals surface area (Å²) in [6, 6.07) is 0. The van der Waals surface area contributed by atoms with E-state index in [1.165, 1.54) is 6.47 Å². The van der Waals surface area contributed by atoms with Crippen molar-refractivity contribution in [3.05, 3.63) is 0 Å². The fourth-order valence-corrected chi connectivity index (χ4v) is 0.447. The molecule has 1 atom stereocenters. The third kappa shape index (κ3) is 4.89. The SMILES string of the molecule is CC#CC(C)CO[C]=O. The fourth-order valence-electron chi connectivity index (χ4n) is 0.447. The molecule has 49 valence electrons. The maximum absolute atomic E-state index is 9.52. The van der Waals surface area contributed by atoms with E-state index in [0.717, 1.165) is 0 Å². The van der Waals surface area contributed by atoms with Crippen LogP contribution in [0.2, 0.25) is 0 Å². The van der Waals surface area contributed by atoms with Crippen LogP contribution < -0.4 is 0 Å². The summed E-state index contributed by atoms with van der Waals surface area (Å²) in [4.78, 5) is 9.52. The molecule has 0 aliphatic carbocycles. The molecule has 0 N–H and O–H groups in total. The van der Waals surface area contributed by atoms with Gasteiger partial charge in [-0.15, -0.1) is 5.92 Å². The van der Waals surface area contributed by atoms with Crippen molar-refractivity contribution in [2.24, 2.45) is 5.92 Å². The van der Waals surface area contributed by atoms with Gasteiger partial charge in [0.05, 0.1) is 5.92 Å². The number of hydrogen-bond donors (Lipinski definition) is 0. The Morgan fingerprint density at radius 1 is 1.67 bits per heavy atom. The summed E-state index contributed by atoms with van der Waals surface area (Å²) in [6.07, 6.45) is 0. The molecule has 0 fully saturated rings. The summed E-state index contributed by atoms with van der Waals surface area (Å²) in [6.45, 7) is 5.31. The molecular formula is C7H9O2. The van der Waals surface area contributed by atoms with Crippen LogP contribution in [0.1, 0.15) is 13.8 Å². The minimum atomic E-state index is 0.122. The van der Waals surface area contributed by atoms with E-state index < -0.39 is 0 Å². The molecule has 0 aromatic rings. The van der Waals surface area contributed by atoms with Gasteiger partial charge < -0.3 is 4.74 Å². The van der Waals surface area contributed by atoms with Crippen LogP contribution in [0.4, 0.5) is 0 Å². The van der Waals surface area contributed by atoms with Crippen molar-refractivity contribution in [1.82, 2.24) is 0 Å². The first-order valence-electron chi connectivity index (χ1n) is 2.72. The summed E-state index contributed by atoms with van der Waals surface area (Å²) in [5.74, 6) is 5.66. The van der Waals surface area contributed by atoms with Crippen molar-refractivity contribution in [3.8, 4) is 11.8 Å². The molecule has 0 aliphatic heterocycles. The molecule has 0 heterocycles. The monoisotopic (exact) mass is 125 g/mol. The van der Waals surface area contributed by atoms with Gasteiger partial charge >= 0.3 is 6.47 Å². The Morgan fingerprint density at radius 3 is 2.78 bits per heavy atom. The summed E-state index contributed by atoms with van der Waals surface area (Å²) < 4.78 is 4.34. The van der Waals surface area contributed by atoms with E-state index in [-0.39, 0.29) is 5.92 Å². The Morgan fingerprint density at radius 2 is 2.33 bits per heavy atom. The molecule has 0 aromatic heterocycles. The van der Waals surface area contributed by atoms with Gasteiger partial charge in [0.1, 0.15) is 6.61 Å². The van der Waals surface area contributed by atoms with Crippen LogP contribution in [-0.4, -0.2) is 13.1 Å². The van der Waals surface area contributed by atoms with Gasteiger partial charge in [-0.3, -0.25) is 0 Å². The zero-order valence-corrected chi connectivity index (χ0v) is 5.60. The third-order valence-electron chi connectivity index (χ3n) is 0.783. The van der Waals surface area contributed by atoms with Crippen LogP contribution in [0.25, 0.3) is 0 Å². The Balaban J connectivity index is 3.33. The lowest BCUT2D eigenvalue weighted by atomic mass is 10.2. The van der Waals surface area contributed by atoms with Gasteiger partial charge in [0.15, 0.2) is 0 Å². The Hall–Kier alpha value is -0.970. The molecule has 9 heavy (non-hydrogen) atoms. The van der Waals surface area contributed by atoms with Crippen LogP contribution in [0.5, 0.6) is 0 Å². The average molecular weight is 125 g/mol. The van der Waals surface area contributed by atoms with E-state index in [1.54, 1.807) is 6.92 Å². The van der Waals surface area contributed by atoms with E-state index in [9.17, 15) is 4.79 Å². The Labute approximate surface area is 55.2 Å². The van der Waals surface area contributed by atoms with Crippen molar-refractivity contribution in [2.75, 3.05) is 6.61 Å². The normalized spacial score (nSPS) is 10.9. The first-order valence-corrected chi connectivity index (χ1v) is 2.72. The second kappa shape index (κ2) is 5.17. The van der Waals surface area contributed by atoms with E-state index in [1.807, 2.05) is 6.92 Å². The largest absolute Gasteiger partial charge is 0.456 e. The lowest BCUT2D eigenvalue weighted by Crippen LogP contribution is -2.01. The molecule has 1 radical (unpaired) electrons. The lowest BCUT2D eigenvalue weighted by Gasteiger charge is -1.97. The van der Waals surface area contributed by atoms with Crippen molar-refractivity contribution in [1.29, 1.82) is 0 Å². The molecule has 0 saturated heterocycles. The van der Waals surface area contributed by atoms with Crippen molar-refractivity contribution >= 4 is 6.47 Å². The molecule has 1 unspecified atom stereocenters. The van der Waals surface area contributed by atoms with Gasteiger partial charge in [-0.2, -0.15) is 0 Å². The van der Waals surface area contributed by atoms with Gasteiger partial charge in [-0.1, -0.05) is 5.92 Å². The molecule has 0 spiro atoms. The lowest BCUT2D eigenvalue weighted by molar-refractivity contribution is 0.255. The quantitative estimate of drug-likeness (QED) is 0.520. The molecule has 2 nitrogen and oxygen atoms in total. The van der Waals surface area contributed by atoms with Crippen LogP contribution >= 0.6 is 0 Å². The van der Waals surface area contributed by atoms with E-state index in [2.05, 4.69) is 16.6 Å². The highest BCUT2D eigenvalue weighted by molar-refractivity contribution is 5.38. The molecule has 0 saturated carbocycles. The van der Waals surface area contributed by atoms with Gasteiger partial charge in [0, 0.05) is 0 Å². The van der Waals surface area contributed by atoms with Crippen molar-refractivity contribution in [3.63, 3.8) is 0 Å². The zero-order valence-electron chi connectivity index (χ0n) is 5.60. The number of carbonyl (C=O) groups excluding carboxylic acids is 1. The Kier molecular flexibility index (Phi) is 4.61. The number of rotatable bonds is 3. The molecule has 0 bridgehead atoms. The topological polar surface area (TPSA) is 26.3 Å². The highest BCUT2D eigenvalue weighted by Gasteiger charge is 1.94. The molecule has 0 aliphatic rings. The molecule has 2 heteroatoms. The summed E-state index contributed by atoms with van der Waals surface area (Å²) in [7, 11) is 0. The average Bonchev–Trinajstić information content (AvgIpc) is 1.85. The molecule has 0 rings (SSSR count). The first kappa shape index (κ1) is 8.03. The number of ether oxygens (including phenoxy) is 1. The minimum Gasteiger partial charge on any atom is -0.456 e. The van der Waals surface area contributed by atoms with Crippen LogP contribution in [0, 0.1) is 17.8 Å². The maximum Gasteiger partial charge on any atom is 0.417 e. The van der Waals surface area contributed by atoms with Gasteiger partial charge in [0.25, 0.3) is 0 Å². The molecular weight excluding hydrogens is 116 g/mol. The summed E-state index contributed by atoms with van der Waals surface area (Å²) in [5, 5.41) is 0. The highest BCUT2D eigenvalue weighted by atomic mass is 16.5. The predicted octanol–water partition coefficient (Wildman–Crippen LogP) is 0.730. The van der Waals surface area contributed by atoms with Crippen LogP contribution in [-0.2, 0) is 9.53 Å².